The molecule has 0 fully saturated rings. The fourth-order valence-electron chi connectivity index (χ4n) is 4.24. The van der Waals surface area contributed by atoms with Crippen LogP contribution in [0.1, 0.15) is 109 Å². The molecule has 3 nitrogen and oxygen atoms in total. The third-order valence-electron chi connectivity index (χ3n) is 6.48. The molecule has 0 spiro atoms. The van der Waals surface area contributed by atoms with E-state index in [1.165, 1.54) is 63.4 Å². The zero-order chi connectivity index (χ0) is 25.1. The molecule has 35 heavy (non-hydrogen) atoms. The molecule has 1 aromatic carbocycles. The van der Waals surface area contributed by atoms with Gasteiger partial charge in [0.05, 0.1) is 6.61 Å². The van der Waals surface area contributed by atoms with Crippen molar-refractivity contribution in [3.8, 4) is 17.1 Å². The van der Waals surface area contributed by atoms with Crippen LogP contribution in [0.2, 0.25) is 0 Å². The molecule has 1 heterocycles. The molecular formula is C30H46F2N2O. The van der Waals surface area contributed by atoms with Crippen molar-refractivity contribution in [1.82, 2.24) is 9.97 Å². The van der Waals surface area contributed by atoms with Crippen molar-refractivity contribution in [1.29, 1.82) is 0 Å². The highest BCUT2D eigenvalue weighted by atomic mass is 19.1. The van der Waals surface area contributed by atoms with Crippen molar-refractivity contribution in [3.63, 3.8) is 0 Å². The number of alkyl halides is 2. The average Bonchev–Trinajstić information content (AvgIpc) is 2.87. The zero-order valence-corrected chi connectivity index (χ0v) is 22.0. The van der Waals surface area contributed by atoms with Gasteiger partial charge in [-0.15, -0.1) is 0 Å². The lowest BCUT2D eigenvalue weighted by molar-refractivity contribution is 0.200. The first-order valence-corrected chi connectivity index (χ1v) is 13.9. The van der Waals surface area contributed by atoms with E-state index in [4.69, 9.17) is 4.74 Å². The first-order valence-electron chi connectivity index (χ1n) is 13.9. The van der Waals surface area contributed by atoms with Crippen LogP contribution in [0.4, 0.5) is 8.78 Å². The Hall–Kier alpha value is -2.04. The van der Waals surface area contributed by atoms with E-state index in [2.05, 4.69) is 16.9 Å². The van der Waals surface area contributed by atoms with Gasteiger partial charge in [0.15, 0.2) is 5.82 Å². The molecule has 2 rings (SSSR count). The van der Waals surface area contributed by atoms with E-state index in [9.17, 15) is 8.78 Å². The summed E-state index contributed by atoms with van der Waals surface area (Å²) in [7, 11) is 0. The van der Waals surface area contributed by atoms with Gasteiger partial charge in [-0.3, -0.25) is 0 Å². The molecule has 5 heteroatoms. The lowest BCUT2D eigenvalue weighted by atomic mass is 10.1. The maximum atomic E-state index is 13.9. The van der Waals surface area contributed by atoms with Gasteiger partial charge >= 0.3 is 0 Å². The molecule has 0 aliphatic heterocycles. The second-order valence-corrected chi connectivity index (χ2v) is 9.72. The summed E-state index contributed by atoms with van der Waals surface area (Å²) in [5.41, 5.74) is 2.12. The van der Waals surface area contributed by atoms with E-state index in [-0.39, 0.29) is 19.4 Å². The Kier molecular flexibility index (Phi) is 15.2. The van der Waals surface area contributed by atoms with Crippen LogP contribution in [-0.2, 0) is 6.42 Å². The van der Waals surface area contributed by atoms with E-state index in [1.807, 2.05) is 43.6 Å². The number of hydrogen-bond acceptors (Lipinski definition) is 3. The number of aromatic nitrogens is 2. The number of rotatable bonds is 20. The van der Waals surface area contributed by atoms with E-state index in [0.717, 1.165) is 18.4 Å². The minimum atomic E-state index is -1.02. The summed E-state index contributed by atoms with van der Waals surface area (Å²) < 4.78 is 33.1. The number of benzene rings is 1. The summed E-state index contributed by atoms with van der Waals surface area (Å²) in [5.74, 6) is 1.39. The normalized spacial score (nSPS) is 13.0. The number of nitrogens with zero attached hydrogens (tertiary/aromatic N) is 2. The summed E-state index contributed by atoms with van der Waals surface area (Å²) in [6, 6.07) is 7.58. The molecule has 2 aromatic rings. The average molecular weight is 489 g/mol. The van der Waals surface area contributed by atoms with Crippen molar-refractivity contribution in [2.24, 2.45) is 0 Å². The van der Waals surface area contributed by atoms with Crippen LogP contribution >= 0.6 is 0 Å². The Morgan fingerprint density at radius 1 is 0.686 bits per heavy atom. The van der Waals surface area contributed by atoms with Crippen LogP contribution in [-0.4, -0.2) is 28.9 Å². The Morgan fingerprint density at radius 2 is 1.26 bits per heavy atom. The molecule has 0 N–H and O–H groups in total. The van der Waals surface area contributed by atoms with Gasteiger partial charge in [0.1, 0.15) is 18.1 Å². The van der Waals surface area contributed by atoms with Crippen LogP contribution in [0, 0.1) is 0 Å². The van der Waals surface area contributed by atoms with E-state index < -0.39 is 12.3 Å². The van der Waals surface area contributed by atoms with Crippen molar-refractivity contribution in [2.45, 2.75) is 123 Å². The number of unbranched alkanes of at least 4 members (excludes halogenated alkanes) is 8. The van der Waals surface area contributed by atoms with Crippen LogP contribution in [0.15, 0.2) is 36.7 Å². The molecular weight excluding hydrogens is 442 g/mol. The maximum Gasteiger partial charge on any atom is 0.159 e. The second kappa shape index (κ2) is 18.3. The number of aryl methyl sites for hydroxylation is 1. The van der Waals surface area contributed by atoms with Crippen LogP contribution < -0.4 is 4.74 Å². The Balaban J connectivity index is 1.63. The van der Waals surface area contributed by atoms with Gasteiger partial charge in [0.2, 0.25) is 0 Å². The smallest absolute Gasteiger partial charge is 0.159 e. The highest BCUT2D eigenvalue weighted by molar-refractivity contribution is 5.55. The predicted molar refractivity (Wildman–Crippen MR) is 142 cm³/mol. The third kappa shape index (κ3) is 13.0. The fourth-order valence-corrected chi connectivity index (χ4v) is 4.24. The van der Waals surface area contributed by atoms with E-state index >= 15 is 0 Å². The zero-order valence-electron chi connectivity index (χ0n) is 22.0. The monoisotopic (exact) mass is 488 g/mol. The summed E-state index contributed by atoms with van der Waals surface area (Å²) in [6.45, 7) is 4.49. The van der Waals surface area contributed by atoms with Gasteiger partial charge in [0, 0.05) is 24.4 Å². The van der Waals surface area contributed by atoms with E-state index in [1.54, 1.807) is 0 Å². The number of hydrogen-bond donors (Lipinski definition) is 0. The summed E-state index contributed by atoms with van der Waals surface area (Å²) in [4.78, 5) is 9.07. The molecule has 0 amide bonds. The molecule has 1 aromatic heterocycles. The molecule has 0 saturated heterocycles. The van der Waals surface area contributed by atoms with Gasteiger partial charge in [-0.1, -0.05) is 71.6 Å². The van der Waals surface area contributed by atoms with Crippen LogP contribution in [0.3, 0.4) is 0 Å². The summed E-state index contributed by atoms with van der Waals surface area (Å²) in [5, 5.41) is 0. The van der Waals surface area contributed by atoms with Gasteiger partial charge in [0.25, 0.3) is 0 Å². The minimum Gasteiger partial charge on any atom is -0.493 e. The van der Waals surface area contributed by atoms with Crippen molar-refractivity contribution >= 4 is 0 Å². The quantitative estimate of drug-likeness (QED) is 0.174. The maximum absolute atomic E-state index is 13.9. The standard InChI is InChI=1S/C30H46F2N2O/c1-3-5-6-7-8-9-10-11-12-14-25-23-33-30(34-24-25)26-15-19-29(20-16-26)35-22-21-28(32)18-17-27(31)13-4-2/h15-16,19-20,23-24,27-28H,3-14,17-18,21-22H2,1-2H3. The molecule has 0 saturated carbocycles. The highest BCUT2D eigenvalue weighted by Gasteiger charge is 2.12. The second-order valence-electron chi connectivity index (χ2n) is 9.72. The molecule has 0 bridgehead atoms. The Morgan fingerprint density at radius 3 is 1.86 bits per heavy atom. The third-order valence-corrected chi connectivity index (χ3v) is 6.48. The summed E-state index contributed by atoms with van der Waals surface area (Å²) >= 11 is 0. The fraction of sp³-hybridized carbons (Fsp3) is 0.667. The van der Waals surface area contributed by atoms with Crippen LogP contribution in [0.25, 0.3) is 11.4 Å². The highest BCUT2D eigenvalue weighted by Crippen LogP contribution is 2.21. The van der Waals surface area contributed by atoms with Gasteiger partial charge in [-0.05, 0) is 61.9 Å². The van der Waals surface area contributed by atoms with Gasteiger partial charge in [-0.25, -0.2) is 18.7 Å². The predicted octanol–water partition coefficient (Wildman–Crippen LogP) is 9.24. The van der Waals surface area contributed by atoms with Crippen molar-refractivity contribution in [3.05, 3.63) is 42.2 Å². The largest absolute Gasteiger partial charge is 0.493 e. The molecule has 2 unspecified atom stereocenters. The Bertz CT molecular complexity index is 767. The van der Waals surface area contributed by atoms with Gasteiger partial charge < -0.3 is 4.74 Å². The summed E-state index contributed by atoms with van der Waals surface area (Å²) in [6.07, 6.45) is 17.1. The molecule has 196 valence electrons. The minimum absolute atomic E-state index is 0.260. The van der Waals surface area contributed by atoms with Gasteiger partial charge in [-0.2, -0.15) is 0 Å². The topological polar surface area (TPSA) is 35.0 Å². The molecule has 2 atom stereocenters. The lowest BCUT2D eigenvalue weighted by Crippen LogP contribution is -2.10. The molecule has 0 aliphatic rings. The van der Waals surface area contributed by atoms with Crippen molar-refractivity contribution in [2.75, 3.05) is 6.61 Å². The van der Waals surface area contributed by atoms with Crippen molar-refractivity contribution < 1.29 is 13.5 Å². The first kappa shape index (κ1) is 29.2. The molecule has 0 radical (unpaired) electrons. The SMILES string of the molecule is CCCCCCCCCCCc1cnc(-c2ccc(OCCC(F)CCC(F)CCC)cc2)nc1. The Labute approximate surface area is 212 Å². The van der Waals surface area contributed by atoms with Crippen LogP contribution in [0.5, 0.6) is 5.75 Å². The first-order chi connectivity index (χ1) is 17.1. The number of ether oxygens (including phenoxy) is 1. The number of halogens is 2. The van der Waals surface area contributed by atoms with E-state index in [0.29, 0.717) is 24.4 Å². The molecule has 0 aliphatic carbocycles. The lowest BCUT2D eigenvalue weighted by Gasteiger charge is -2.12.